The Morgan fingerprint density at radius 1 is 1.07 bits per heavy atom. The topological polar surface area (TPSA) is 33.0 Å². The molecule has 15 heavy (non-hydrogen) atoms. The molecular weight excluding hydrogens is 186 g/mol. The lowest BCUT2D eigenvalue weighted by Crippen LogP contribution is -1.83. The van der Waals surface area contributed by atoms with Crippen LogP contribution in [-0.2, 0) is 0 Å². The van der Waals surface area contributed by atoms with E-state index < -0.39 is 0 Å². The molecule has 0 aliphatic rings. The Balaban J connectivity index is 2.16. The quantitative estimate of drug-likeness (QED) is 0.735. The van der Waals surface area contributed by atoms with Gasteiger partial charge in [0.2, 0.25) is 0 Å². The maximum atomic E-state index is 8.61. The van der Waals surface area contributed by atoms with Crippen LogP contribution in [-0.4, -0.2) is 0 Å². The molecule has 0 unspecified atom stereocenters. The number of ether oxygens (including phenoxy) is 1. The molecule has 0 saturated heterocycles. The summed E-state index contributed by atoms with van der Waals surface area (Å²) in [4.78, 5) is 0. The largest absolute Gasteiger partial charge is 0.457 e. The summed E-state index contributed by atoms with van der Waals surface area (Å²) < 4.78 is 5.51. The molecule has 0 aliphatic heterocycles. The Hall–Kier alpha value is -2.27. The van der Waals surface area contributed by atoms with Crippen LogP contribution in [0, 0.1) is 17.4 Å². The summed E-state index contributed by atoms with van der Waals surface area (Å²) in [5.74, 6) is 1.37. The van der Waals surface area contributed by atoms with Crippen molar-refractivity contribution in [2.24, 2.45) is 0 Å². The van der Waals surface area contributed by atoms with Gasteiger partial charge in [-0.15, -0.1) is 0 Å². The van der Waals surface area contributed by atoms with E-state index in [0.717, 1.165) is 5.75 Å². The molecule has 0 amide bonds. The smallest absolute Gasteiger partial charge is 0.135 e. The third-order valence-corrected chi connectivity index (χ3v) is 1.88. The van der Waals surface area contributed by atoms with Gasteiger partial charge >= 0.3 is 0 Å². The van der Waals surface area contributed by atoms with Gasteiger partial charge in [0, 0.05) is 6.07 Å². The Bertz CT molecular complexity index is 468. The van der Waals surface area contributed by atoms with Crippen LogP contribution >= 0.6 is 0 Å². The van der Waals surface area contributed by atoms with Crippen LogP contribution in [0.5, 0.6) is 11.5 Å². The third kappa shape index (κ3) is 2.35. The Morgan fingerprint density at radius 2 is 1.87 bits per heavy atom. The maximum Gasteiger partial charge on any atom is 0.135 e. The summed E-state index contributed by atoms with van der Waals surface area (Å²) in [5, 5.41) is 8.61. The minimum Gasteiger partial charge on any atom is -0.457 e. The van der Waals surface area contributed by atoms with Crippen molar-refractivity contribution in [3.63, 3.8) is 0 Å². The fourth-order valence-electron chi connectivity index (χ4n) is 1.16. The van der Waals surface area contributed by atoms with Crippen molar-refractivity contribution in [2.75, 3.05) is 0 Å². The lowest BCUT2D eigenvalue weighted by molar-refractivity contribution is 0.481. The van der Waals surface area contributed by atoms with Crippen LogP contribution in [0.25, 0.3) is 0 Å². The zero-order valence-corrected chi connectivity index (χ0v) is 7.97. The lowest BCUT2D eigenvalue weighted by atomic mass is 10.2. The van der Waals surface area contributed by atoms with Crippen molar-refractivity contribution in [3.05, 3.63) is 60.2 Å². The van der Waals surface area contributed by atoms with Crippen molar-refractivity contribution in [1.82, 2.24) is 0 Å². The number of rotatable bonds is 2. The highest BCUT2D eigenvalue weighted by molar-refractivity contribution is 5.36. The number of hydrogen-bond acceptors (Lipinski definition) is 2. The second kappa shape index (κ2) is 4.30. The molecular formula is C13H8NO. The highest BCUT2D eigenvalue weighted by atomic mass is 16.5. The molecule has 0 fully saturated rings. The van der Waals surface area contributed by atoms with Crippen LogP contribution in [0.1, 0.15) is 5.56 Å². The molecule has 0 bridgehead atoms. The van der Waals surface area contributed by atoms with Crippen LogP contribution in [0.3, 0.4) is 0 Å². The van der Waals surface area contributed by atoms with Gasteiger partial charge in [-0.3, -0.25) is 0 Å². The van der Waals surface area contributed by atoms with Crippen LogP contribution in [0.2, 0.25) is 0 Å². The molecule has 71 valence electrons. The van der Waals surface area contributed by atoms with E-state index >= 15 is 0 Å². The number of hydrogen-bond donors (Lipinski definition) is 0. The van der Waals surface area contributed by atoms with Crippen molar-refractivity contribution >= 4 is 0 Å². The van der Waals surface area contributed by atoms with Gasteiger partial charge in [-0.25, -0.2) is 0 Å². The molecule has 0 heterocycles. The zero-order chi connectivity index (χ0) is 10.5. The average molecular weight is 194 g/mol. The molecule has 1 radical (unpaired) electrons. The number of nitriles is 1. The fraction of sp³-hybridized carbons (Fsp3) is 0. The summed E-state index contributed by atoms with van der Waals surface area (Å²) in [5.41, 5.74) is 0.579. The summed E-state index contributed by atoms with van der Waals surface area (Å²) in [6.45, 7) is 0. The van der Waals surface area contributed by atoms with Crippen molar-refractivity contribution in [3.8, 4) is 17.6 Å². The van der Waals surface area contributed by atoms with Gasteiger partial charge in [0.05, 0.1) is 11.6 Å². The minimum absolute atomic E-state index is 0.579. The van der Waals surface area contributed by atoms with Gasteiger partial charge in [-0.05, 0) is 30.3 Å². The van der Waals surface area contributed by atoms with Gasteiger partial charge in [0.1, 0.15) is 11.5 Å². The summed E-state index contributed by atoms with van der Waals surface area (Å²) in [6.07, 6.45) is 0. The molecule has 2 nitrogen and oxygen atoms in total. The molecule has 0 aliphatic carbocycles. The molecule has 0 spiro atoms. The van der Waals surface area contributed by atoms with Gasteiger partial charge in [-0.1, -0.05) is 18.2 Å². The van der Waals surface area contributed by atoms with Crippen LogP contribution < -0.4 is 4.74 Å². The van der Waals surface area contributed by atoms with Gasteiger partial charge < -0.3 is 4.74 Å². The van der Waals surface area contributed by atoms with E-state index in [1.807, 2.05) is 36.4 Å². The molecule has 0 saturated carbocycles. The molecule has 0 N–H and O–H groups in total. The van der Waals surface area contributed by atoms with E-state index in [4.69, 9.17) is 10.00 Å². The number of nitrogens with zero attached hydrogens (tertiary/aromatic N) is 1. The second-order valence-corrected chi connectivity index (χ2v) is 2.97. The fourth-order valence-corrected chi connectivity index (χ4v) is 1.16. The monoisotopic (exact) mass is 194 g/mol. The molecule has 2 rings (SSSR count). The van der Waals surface area contributed by atoms with Crippen molar-refractivity contribution in [1.29, 1.82) is 5.26 Å². The SMILES string of the molecule is N#Cc1c[c]c(Oc2ccccc2)cc1. The molecule has 2 aromatic carbocycles. The molecule has 2 aromatic rings. The van der Waals surface area contributed by atoms with Gasteiger partial charge in [0.25, 0.3) is 0 Å². The van der Waals surface area contributed by atoms with Gasteiger partial charge in [-0.2, -0.15) is 5.26 Å². The predicted octanol–water partition coefficient (Wildman–Crippen LogP) is 3.15. The second-order valence-electron chi connectivity index (χ2n) is 2.97. The van der Waals surface area contributed by atoms with E-state index in [1.54, 1.807) is 18.2 Å². The summed E-state index contributed by atoms with van der Waals surface area (Å²) in [7, 11) is 0. The molecule has 0 aromatic heterocycles. The Kier molecular flexibility index (Phi) is 2.66. The third-order valence-electron chi connectivity index (χ3n) is 1.88. The van der Waals surface area contributed by atoms with E-state index in [-0.39, 0.29) is 0 Å². The van der Waals surface area contributed by atoms with E-state index in [9.17, 15) is 0 Å². The first kappa shape index (κ1) is 9.29. The maximum absolute atomic E-state index is 8.61. The van der Waals surface area contributed by atoms with Crippen LogP contribution in [0.4, 0.5) is 0 Å². The highest BCUT2D eigenvalue weighted by Gasteiger charge is 1.96. The minimum atomic E-state index is 0.579. The zero-order valence-electron chi connectivity index (χ0n) is 7.97. The first-order valence-corrected chi connectivity index (χ1v) is 4.53. The van der Waals surface area contributed by atoms with E-state index in [1.165, 1.54) is 0 Å². The molecule has 0 atom stereocenters. The Morgan fingerprint density at radius 3 is 2.47 bits per heavy atom. The first-order chi connectivity index (χ1) is 7.38. The van der Waals surface area contributed by atoms with E-state index in [2.05, 4.69) is 6.07 Å². The van der Waals surface area contributed by atoms with Crippen molar-refractivity contribution in [2.45, 2.75) is 0 Å². The number of para-hydroxylation sites is 1. The van der Waals surface area contributed by atoms with Crippen molar-refractivity contribution < 1.29 is 4.74 Å². The molecule has 2 heteroatoms. The highest BCUT2D eigenvalue weighted by Crippen LogP contribution is 2.20. The predicted molar refractivity (Wildman–Crippen MR) is 56.5 cm³/mol. The summed E-state index contributed by atoms with van der Waals surface area (Å²) >= 11 is 0. The van der Waals surface area contributed by atoms with Crippen LogP contribution in [0.15, 0.2) is 48.5 Å². The van der Waals surface area contributed by atoms with Gasteiger partial charge in [0.15, 0.2) is 0 Å². The summed E-state index contributed by atoms with van der Waals surface area (Å²) in [6, 6.07) is 19.4. The normalized spacial score (nSPS) is 9.27. The first-order valence-electron chi connectivity index (χ1n) is 4.53. The van der Waals surface area contributed by atoms with E-state index in [0.29, 0.717) is 11.3 Å². The standard InChI is InChI=1S/C13H8NO/c14-10-11-6-8-13(9-7-11)15-12-4-2-1-3-5-12/h1-8H. The lowest BCUT2D eigenvalue weighted by Gasteiger charge is -2.03. The average Bonchev–Trinajstić information content (AvgIpc) is 2.31. The number of benzene rings is 2. The Labute approximate surface area is 88.4 Å².